The molecule has 16 heteroatoms. The number of carbonyl (C=O) groups is 5. The van der Waals surface area contributed by atoms with Gasteiger partial charge in [0.25, 0.3) is 6.47 Å². The highest BCUT2D eigenvalue weighted by molar-refractivity contribution is 5.87. The molecule has 0 fully saturated rings. The van der Waals surface area contributed by atoms with E-state index in [4.69, 9.17) is 37.9 Å². The van der Waals surface area contributed by atoms with E-state index in [9.17, 15) is 34.2 Å². The normalized spacial score (nSPS) is 13.7. The SMILES string of the molecule is C=C(C)C(=O)OCCOCC(CO)(COCCOC=O)CC(=O)OCCOCC(CO)(COCCOC(=O)C(=C)C)C(CCOC(=O)C(=C)C)C(=C)C. The predicted molar refractivity (Wildman–Crippen MR) is 190 cm³/mol. The molecule has 0 aliphatic rings. The van der Waals surface area contributed by atoms with Crippen molar-refractivity contribution in [2.24, 2.45) is 16.7 Å². The number of esters is 4. The third-order valence-corrected chi connectivity index (χ3v) is 7.61. The molecule has 0 saturated carbocycles. The van der Waals surface area contributed by atoms with Gasteiger partial charge in [0.05, 0.1) is 84.5 Å². The number of aliphatic hydroxyl groups excluding tert-OH is 2. The van der Waals surface area contributed by atoms with Crippen molar-refractivity contribution in [2.75, 3.05) is 99.1 Å². The zero-order valence-electron chi connectivity index (χ0n) is 31.6. The van der Waals surface area contributed by atoms with Gasteiger partial charge < -0.3 is 52.8 Å². The minimum Gasteiger partial charge on any atom is -0.465 e. The summed E-state index contributed by atoms with van der Waals surface area (Å²) in [6.07, 6.45) is -0.0547. The number of ether oxygens (including phenoxy) is 9. The van der Waals surface area contributed by atoms with E-state index in [1.54, 1.807) is 6.92 Å². The highest BCUT2D eigenvalue weighted by Crippen LogP contribution is 2.36. The van der Waals surface area contributed by atoms with Crippen LogP contribution in [0.4, 0.5) is 0 Å². The van der Waals surface area contributed by atoms with Gasteiger partial charge in [-0.1, -0.05) is 31.9 Å². The lowest BCUT2D eigenvalue weighted by Crippen LogP contribution is -2.45. The Labute approximate surface area is 312 Å². The fourth-order valence-electron chi connectivity index (χ4n) is 4.69. The van der Waals surface area contributed by atoms with Crippen molar-refractivity contribution in [2.45, 2.75) is 40.5 Å². The summed E-state index contributed by atoms with van der Waals surface area (Å²) in [6, 6.07) is 0. The van der Waals surface area contributed by atoms with Gasteiger partial charge in [0.1, 0.15) is 26.4 Å². The average Bonchev–Trinajstić information content (AvgIpc) is 3.11. The van der Waals surface area contributed by atoms with E-state index in [-0.39, 0.29) is 122 Å². The molecule has 3 atom stereocenters. The second-order valence-corrected chi connectivity index (χ2v) is 12.7. The first-order valence-electron chi connectivity index (χ1n) is 17.0. The summed E-state index contributed by atoms with van der Waals surface area (Å²) >= 11 is 0. The van der Waals surface area contributed by atoms with E-state index in [0.717, 1.165) is 0 Å². The van der Waals surface area contributed by atoms with E-state index >= 15 is 0 Å². The van der Waals surface area contributed by atoms with Gasteiger partial charge in [0.15, 0.2) is 0 Å². The first kappa shape index (κ1) is 49.1. The molecule has 0 radical (unpaired) electrons. The Bertz CT molecular complexity index is 1210. The maximum Gasteiger partial charge on any atom is 0.333 e. The van der Waals surface area contributed by atoms with E-state index in [1.807, 2.05) is 0 Å². The van der Waals surface area contributed by atoms with Crippen LogP contribution in [-0.2, 0) is 66.6 Å². The smallest absolute Gasteiger partial charge is 0.333 e. The average molecular weight is 759 g/mol. The number of aliphatic hydroxyl groups is 2. The van der Waals surface area contributed by atoms with Crippen LogP contribution in [0.5, 0.6) is 0 Å². The van der Waals surface area contributed by atoms with Crippen LogP contribution in [0.1, 0.15) is 40.5 Å². The van der Waals surface area contributed by atoms with Crippen LogP contribution in [0.25, 0.3) is 0 Å². The van der Waals surface area contributed by atoms with E-state index < -0.39 is 53.8 Å². The molecule has 0 spiro atoms. The van der Waals surface area contributed by atoms with Crippen molar-refractivity contribution < 1.29 is 76.8 Å². The van der Waals surface area contributed by atoms with Crippen LogP contribution < -0.4 is 0 Å². The molecule has 0 aromatic rings. The Morgan fingerprint density at radius 1 is 0.585 bits per heavy atom. The zero-order chi connectivity index (χ0) is 40.3. The maximum atomic E-state index is 12.9. The third-order valence-electron chi connectivity index (χ3n) is 7.61. The summed E-state index contributed by atoms with van der Waals surface area (Å²) in [5.41, 5.74) is -0.983. The van der Waals surface area contributed by atoms with Crippen molar-refractivity contribution in [1.82, 2.24) is 0 Å². The summed E-state index contributed by atoms with van der Waals surface area (Å²) in [7, 11) is 0. The fourth-order valence-corrected chi connectivity index (χ4v) is 4.69. The van der Waals surface area contributed by atoms with Crippen LogP contribution >= 0.6 is 0 Å². The van der Waals surface area contributed by atoms with Gasteiger partial charge in [0.2, 0.25) is 0 Å². The predicted octanol–water partition coefficient (Wildman–Crippen LogP) is 2.06. The minimum absolute atomic E-state index is 0.00258. The summed E-state index contributed by atoms with van der Waals surface area (Å²) in [5.74, 6) is -2.88. The molecule has 3 unspecified atom stereocenters. The first-order valence-corrected chi connectivity index (χ1v) is 17.0. The van der Waals surface area contributed by atoms with Gasteiger partial charge >= 0.3 is 23.9 Å². The topological polar surface area (TPSA) is 209 Å². The first-order chi connectivity index (χ1) is 25.1. The molecule has 0 aliphatic heterocycles. The number of hydrogen-bond acceptors (Lipinski definition) is 16. The minimum atomic E-state index is -1.25. The lowest BCUT2D eigenvalue weighted by atomic mass is 9.72. The molecule has 0 rings (SSSR count). The maximum absolute atomic E-state index is 12.9. The monoisotopic (exact) mass is 758 g/mol. The van der Waals surface area contributed by atoms with Crippen LogP contribution in [0.15, 0.2) is 48.6 Å². The van der Waals surface area contributed by atoms with Crippen molar-refractivity contribution in [1.29, 1.82) is 0 Å². The van der Waals surface area contributed by atoms with Gasteiger partial charge in [0, 0.05) is 22.1 Å². The van der Waals surface area contributed by atoms with Crippen LogP contribution in [0.3, 0.4) is 0 Å². The van der Waals surface area contributed by atoms with Crippen LogP contribution in [-0.4, -0.2) is 140 Å². The molecule has 0 aromatic carbocycles. The highest BCUT2D eigenvalue weighted by atomic mass is 16.6. The standard InChI is InChI=1S/C37H58O16/c1-27(2)31(9-10-51-33(42)28(3)4)37(21-39,25-48-15-18-53-35(44)30(7)8)24-47-13-16-50-32(41)19-36(20-38,22-45-11-12-49-26-40)23-46-14-17-52-34(43)29(5)6/h26,31,38-39H,1,3,5,7,9-25H2,2,4,6,8H3. The van der Waals surface area contributed by atoms with Crippen LogP contribution in [0.2, 0.25) is 0 Å². The van der Waals surface area contributed by atoms with E-state index in [0.29, 0.717) is 5.57 Å². The molecule has 302 valence electrons. The molecule has 0 saturated heterocycles. The van der Waals surface area contributed by atoms with Crippen molar-refractivity contribution in [3.05, 3.63) is 48.6 Å². The van der Waals surface area contributed by atoms with Crippen molar-refractivity contribution in [3.63, 3.8) is 0 Å². The summed E-state index contributed by atoms with van der Waals surface area (Å²) < 4.78 is 48.2. The summed E-state index contributed by atoms with van der Waals surface area (Å²) in [4.78, 5) is 58.7. The largest absolute Gasteiger partial charge is 0.465 e. The Kier molecular flexibility index (Phi) is 25.6. The Hall–Kier alpha value is -3.93. The quantitative estimate of drug-likeness (QED) is 0.0245. The van der Waals surface area contributed by atoms with E-state index in [1.165, 1.54) is 20.8 Å². The molecule has 53 heavy (non-hydrogen) atoms. The van der Waals surface area contributed by atoms with Gasteiger partial charge in [-0.2, -0.15) is 0 Å². The Morgan fingerprint density at radius 3 is 1.40 bits per heavy atom. The number of rotatable bonds is 33. The number of allylic oxidation sites excluding steroid dienone is 1. The van der Waals surface area contributed by atoms with Crippen molar-refractivity contribution in [3.8, 4) is 0 Å². The Balaban J connectivity index is 5.51. The van der Waals surface area contributed by atoms with Crippen LogP contribution in [0, 0.1) is 16.7 Å². The number of carbonyl (C=O) groups excluding carboxylic acids is 5. The Morgan fingerprint density at radius 2 is 1.00 bits per heavy atom. The molecule has 16 nitrogen and oxygen atoms in total. The lowest BCUT2D eigenvalue weighted by Gasteiger charge is -2.39. The highest BCUT2D eigenvalue weighted by Gasteiger charge is 2.40. The molecule has 0 heterocycles. The third kappa shape index (κ3) is 20.8. The fraction of sp³-hybridized carbons (Fsp3) is 0.649. The van der Waals surface area contributed by atoms with Gasteiger partial charge in [-0.25, -0.2) is 14.4 Å². The molecular weight excluding hydrogens is 700 g/mol. The zero-order valence-corrected chi connectivity index (χ0v) is 31.6. The van der Waals surface area contributed by atoms with Gasteiger partial charge in [-0.05, 0) is 40.0 Å². The summed E-state index contributed by atoms with van der Waals surface area (Å²) in [5, 5.41) is 20.9. The van der Waals surface area contributed by atoms with Crippen molar-refractivity contribution >= 4 is 30.3 Å². The molecule has 0 aliphatic carbocycles. The second kappa shape index (κ2) is 27.6. The second-order valence-electron chi connectivity index (χ2n) is 12.7. The lowest BCUT2D eigenvalue weighted by molar-refractivity contribution is -0.155. The molecular formula is C37H58O16. The summed E-state index contributed by atoms with van der Waals surface area (Å²) in [6.45, 7) is 19.3. The molecule has 0 amide bonds. The van der Waals surface area contributed by atoms with Gasteiger partial charge in [-0.3, -0.25) is 9.59 Å². The number of hydrogen-bond donors (Lipinski definition) is 2. The van der Waals surface area contributed by atoms with E-state index in [2.05, 4.69) is 31.1 Å². The molecule has 0 bridgehead atoms. The molecule has 2 N–H and O–H groups in total. The van der Waals surface area contributed by atoms with Gasteiger partial charge in [-0.15, -0.1) is 0 Å². The molecule has 0 aromatic heterocycles.